The second-order valence-corrected chi connectivity index (χ2v) is 3.53. The van der Waals surface area contributed by atoms with Gasteiger partial charge in [0, 0.05) is 5.56 Å². The Bertz CT molecular complexity index is 308. The standard InChI is InChI=1S/C9H9BrO2/c1-5-3-7(6(2)11)4-8(10)9(5)12/h3-4,12H,1-2H3. The molecule has 1 N–H and O–H groups in total. The maximum atomic E-state index is 11.0. The second kappa shape index (κ2) is 3.27. The maximum Gasteiger partial charge on any atom is 0.159 e. The van der Waals surface area contributed by atoms with E-state index >= 15 is 0 Å². The molecule has 0 radical (unpaired) electrons. The number of halogens is 1. The normalized spacial score (nSPS) is 9.92. The number of phenols is 1. The van der Waals surface area contributed by atoms with Crippen molar-refractivity contribution in [3.05, 3.63) is 27.7 Å². The first-order valence-corrected chi connectivity index (χ1v) is 4.31. The lowest BCUT2D eigenvalue weighted by molar-refractivity contribution is 0.101. The Morgan fingerprint density at radius 2 is 2.08 bits per heavy atom. The number of hydrogen-bond acceptors (Lipinski definition) is 2. The van der Waals surface area contributed by atoms with Crippen molar-refractivity contribution in [2.24, 2.45) is 0 Å². The fraction of sp³-hybridized carbons (Fsp3) is 0.222. The molecule has 64 valence electrons. The van der Waals surface area contributed by atoms with Crippen LogP contribution in [0.1, 0.15) is 22.8 Å². The molecule has 0 aliphatic carbocycles. The van der Waals surface area contributed by atoms with E-state index in [0.29, 0.717) is 15.6 Å². The van der Waals surface area contributed by atoms with Crippen molar-refractivity contribution in [3.63, 3.8) is 0 Å². The average Bonchev–Trinajstić information content (AvgIpc) is 1.99. The molecule has 0 spiro atoms. The highest BCUT2D eigenvalue weighted by molar-refractivity contribution is 9.10. The van der Waals surface area contributed by atoms with Crippen LogP contribution >= 0.6 is 15.9 Å². The van der Waals surface area contributed by atoms with Crippen LogP contribution in [-0.2, 0) is 0 Å². The lowest BCUT2D eigenvalue weighted by Gasteiger charge is -2.03. The van der Waals surface area contributed by atoms with Crippen molar-refractivity contribution >= 4 is 21.7 Å². The largest absolute Gasteiger partial charge is 0.506 e. The number of ketones is 1. The van der Waals surface area contributed by atoms with Crippen LogP contribution in [0.4, 0.5) is 0 Å². The minimum atomic E-state index is -0.00111. The predicted molar refractivity (Wildman–Crippen MR) is 50.5 cm³/mol. The molecule has 0 atom stereocenters. The van der Waals surface area contributed by atoms with Crippen LogP contribution in [0.3, 0.4) is 0 Å². The van der Waals surface area contributed by atoms with E-state index in [4.69, 9.17) is 0 Å². The van der Waals surface area contributed by atoms with Gasteiger partial charge in [0.2, 0.25) is 0 Å². The zero-order valence-electron chi connectivity index (χ0n) is 6.89. The van der Waals surface area contributed by atoms with Crippen molar-refractivity contribution in [2.75, 3.05) is 0 Å². The van der Waals surface area contributed by atoms with Crippen LogP contribution < -0.4 is 0 Å². The number of rotatable bonds is 1. The fourth-order valence-corrected chi connectivity index (χ4v) is 1.50. The van der Waals surface area contributed by atoms with E-state index in [9.17, 15) is 9.90 Å². The van der Waals surface area contributed by atoms with Gasteiger partial charge >= 0.3 is 0 Å². The molecular formula is C9H9BrO2. The number of carbonyl (C=O) groups is 1. The van der Waals surface area contributed by atoms with Crippen molar-refractivity contribution < 1.29 is 9.90 Å². The van der Waals surface area contributed by atoms with Crippen LogP contribution in [0, 0.1) is 6.92 Å². The SMILES string of the molecule is CC(=O)c1cc(C)c(O)c(Br)c1. The molecule has 0 bridgehead atoms. The van der Waals surface area contributed by atoms with E-state index in [1.807, 2.05) is 0 Å². The molecule has 0 unspecified atom stereocenters. The Kier molecular flexibility index (Phi) is 2.52. The Morgan fingerprint density at radius 1 is 1.50 bits per heavy atom. The molecule has 0 amide bonds. The molecule has 0 saturated heterocycles. The van der Waals surface area contributed by atoms with E-state index < -0.39 is 0 Å². The fourth-order valence-electron chi connectivity index (χ4n) is 0.940. The first-order chi connectivity index (χ1) is 5.52. The number of benzene rings is 1. The summed E-state index contributed by atoms with van der Waals surface area (Å²) in [7, 11) is 0. The molecule has 12 heavy (non-hydrogen) atoms. The number of aryl methyl sites for hydroxylation is 1. The van der Waals surface area contributed by atoms with Gasteiger partial charge in [-0.15, -0.1) is 0 Å². The monoisotopic (exact) mass is 228 g/mol. The molecule has 0 aliphatic heterocycles. The lowest BCUT2D eigenvalue weighted by Crippen LogP contribution is -1.92. The van der Waals surface area contributed by atoms with Gasteiger partial charge in [0.05, 0.1) is 4.47 Å². The molecule has 0 aromatic heterocycles. The van der Waals surface area contributed by atoms with E-state index in [2.05, 4.69) is 15.9 Å². The average molecular weight is 229 g/mol. The predicted octanol–water partition coefficient (Wildman–Crippen LogP) is 2.67. The lowest BCUT2D eigenvalue weighted by atomic mass is 10.1. The highest BCUT2D eigenvalue weighted by atomic mass is 79.9. The van der Waals surface area contributed by atoms with Gasteiger partial charge in [0.25, 0.3) is 0 Å². The van der Waals surface area contributed by atoms with Gasteiger partial charge in [-0.05, 0) is 47.5 Å². The molecule has 0 saturated carbocycles. The molecule has 1 aromatic carbocycles. The quantitative estimate of drug-likeness (QED) is 0.751. The molecule has 1 rings (SSSR count). The molecule has 0 fully saturated rings. The first-order valence-electron chi connectivity index (χ1n) is 3.52. The summed E-state index contributed by atoms with van der Waals surface area (Å²) in [6, 6.07) is 3.28. The summed E-state index contributed by atoms with van der Waals surface area (Å²) in [5.74, 6) is 0.193. The molecule has 3 heteroatoms. The van der Waals surface area contributed by atoms with Crippen LogP contribution in [0.25, 0.3) is 0 Å². The van der Waals surface area contributed by atoms with Crippen LogP contribution in [-0.4, -0.2) is 10.9 Å². The second-order valence-electron chi connectivity index (χ2n) is 2.68. The van der Waals surface area contributed by atoms with Gasteiger partial charge in [-0.2, -0.15) is 0 Å². The van der Waals surface area contributed by atoms with Gasteiger partial charge < -0.3 is 5.11 Å². The smallest absolute Gasteiger partial charge is 0.159 e. The van der Waals surface area contributed by atoms with Gasteiger partial charge in [-0.1, -0.05) is 0 Å². The van der Waals surface area contributed by atoms with E-state index in [-0.39, 0.29) is 11.5 Å². The zero-order valence-corrected chi connectivity index (χ0v) is 8.47. The van der Waals surface area contributed by atoms with Crippen molar-refractivity contribution in [2.45, 2.75) is 13.8 Å². The molecule has 0 heterocycles. The van der Waals surface area contributed by atoms with Gasteiger partial charge in [0.1, 0.15) is 5.75 Å². The summed E-state index contributed by atoms with van der Waals surface area (Å²) in [6.45, 7) is 3.25. The van der Waals surface area contributed by atoms with E-state index in [0.717, 1.165) is 0 Å². The van der Waals surface area contributed by atoms with Gasteiger partial charge in [-0.3, -0.25) is 4.79 Å². The molecule has 0 aliphatic rings. The highest BCUT2D eigenvalue weighted by Crippen LogP contribution is 2.28. The Labute approximate surface area is 79.3 Å². The van der Waals surface area contributed by atoms with Crippen LogP contribution in [0.15, 0.2) is 16.6 Å². The third-order valence-electron chi connectivity index (χ3n) is 1.66. The number of aromatic hydroxyl groups is 1. The van der Waals surface area contributed by atoms with Crippen LogP contribution in [0.5, 0.6) is 5.75 Å². The highest BCUT2D eigenvalue weighted by Gasteiger charge is 2.06. The molecule has 1 aromatic rings. The van der Waals surface area contributed by atoms with E-state index in [1.165, 1.54) is 6.92 Å². The van der Waals surface area contributed by atoms with Gasteiger partial charge in [0.15, 0.2) is 5.78 Å². The topological polar surface area (TPSA) is 37.3 Å². The number of phenolic OH excluding ortho intramolecular Hbond substituents is 1. The van der Waals surface area contributed by atoms with E-state index in [1.54, 1.807) is 19.1 Å². The molecule has 2 nitrogen and oxygen atoms in total. The Morgan fingerprint density at radius 3 is 2.50 bits per heavy atom. The minimum Gasteiger partial charge on any atom is -0.506 e. The third-order valence-corrected chi connectivity index (χ3v) is 2.26. The Balaban J connectivity index is 3.31. The van der Waals surface area contributed by atoms with Gasteiger partial charge in [-0.25, -0.2) is 0 Å². The van der Waals surface area contributed by atoms with Crippen molar-refractivity contribution in [3.8, 4) is 5.75 Å². The summed E-state index contributed by atoms with van der Waals surface area (Å²) in [6.07, 6.45) is 0. The van der Waals surface area contributed by atoms with Crippen LogP contribution in [0.2, 0.25) is 0 Å². The summed E-state index contributed by atoms with van der Waals surface area (Å²) < 4.78 is 0.563. The third kappa shape index (κ3) is 1.67. The maximum absolute atomic E-state index is 11.0. The van der Waals surface area contributed by atoms with Crippen molar-refractivity contribution in [1.82, 2.24) is 0 Å². The van der Waals surface area contributed by atoms with Crippen molar-refractivity contribution in [1.29, 1.82) is 0 Å². The number of hydrogen-bond donors (Lipinski definition) is 1. The Hall–Kier alpha value is -0.830. The first kappa shape index (κ1) is 9.26. The summed E-state index contributed by atoms with van der Waals surface area (Å²) >= 11 is 3.16. The molecular weight excluding hydrogens is 220 g/mol. The number of carbonyl (C=O) groups excluding carboxylic acids is 1. The minimum absolute atomic E-state index is 0.00111. The zero-order chi connectivity index (χ0) is 9.30. The summed E-state index contributed by atoms with van der Waals surface area (Å²) in [5, 5.41) is 9.35. The number of Topliss-reactive ketones (excluding diaryl/α,β-unsaturated/α-hetero) is 1. The summed E-state index contributed by atoms with van der Waals surface area (Å²) in [5.41, 5.74) is 1.31. The summed E-state index contributed by atoms with van der Waals surface area (Å²) in [4.78, 5) is 11.0.